The molecule has 0 aromatic carbocycles. The quantitative estimate of drug-likeness (QED) is 0.0472. The van der Waals surface area contributed by atoms with Crippen LogP contribution in [0.1, 0.15) is 252 Å². The van der Waals surface area contributed by atoms with Crippen LogP contribution in [0.2, 0.25) is 0 Å². The Labute approximate surface area is 277 Å². The minimum atomic E-state index is 0.328. The van der Waals surface area contributed by atoms with Crippen LogP contribution in [0.5, 0.6) is 0 Å². The van der Waals surface area contributed by atoms with Gasteiger partial charge >= 0.3 is 0 Å². The molecule has 260 valence electrons. The van der Waals surface area contributed by atoms with Gasteiger partial charge in [0.05, 0.1) is 0 Å². The van der Waals surface area contributed by atoms with Gasteiger partial charge in [0.1, 0.15) is 0 Å². The van der Waals surface area contributed by atoms with E-state index in [1.165, 1.54) is 225 Å². The molecule has 0 atom stereocenters. The van der Waals surface area contributed by atoms with E-state index in [-0.39, 0.29) is 0 Å². The number of rotatable bonds is 39. The topological polar surface area (TPSA) is 0 Å². The van der Waals surface area contributed by atoms with Crippen LogP contribution in [0.15, 0.2) is 0 Å². The van der Waals surface area contributed by atoms with Crippen molar-refractivity contribution in [1.29, 1.82) is 0 Å². The molecule has 0 rings (SSSR count). The fraction of sp³-hybridized carbons (Fsp3) is 1.00. The van der Waals surface area contributed by atoms with Gasteiger partial charge < -0.3 is 0 Å². The van der Waals surface area contributed by atoms with Crippen molar-refractivity contribution in [3.8, 4) is 0 Å². The molecule has 0 aromatic rings. The van der Waals surface area contributed by atoms with Gasteiger partial charge in [0.15, 0.2) is 0 Å². The van der Waals surface area contributed by atoms with Crippen LogP contribution in [-0.4, -0.2) is 18.5 Å². The largest absolute Gasteiger partial charge is 0.107 e. The molecule has 0 fully saturated rings. The first kappa shape index (κ1) is 43.4. The lowest BCUT2D eigenvalue weighted by Crippen LogP contribution is -1.97. The van der Waals surface area contributed by atoms with Crippen molar-refractivity contribution in [2.24, 2.45) is 0 Å². The van der Waals surface area contributed by atoms with E-state index in [1.54, 1.807) is 24.9 Å². The maximum absolute atomic E-state index is 2.33. The number of hydrogen-bond donors (Lipinski definition) is 0. The van der Waals surface area contributed by atoms with Crippen LogP contribution < -0.4 is 0 Å². The van der Waals surface area contributed by atoms with Gasteiger partial charge in [0.2, 0.25) is 0 Å². The SMILES string of the molecule is CCCCCCCCCCCCCCCCCCP(CCCCCCCCCCCC)CCCCCCCCCCCC. The average Bonchev–Trinajstić information content (AvgIpc) is 3.02. The van der Waals surface area contributed by atoms with E-state index in [4.69, 9.17) is 0 Å². The van der Waals surface area contributed by atoms with Crippen molar-refractivity contribution in [3.05, 3.63) is 0 Å². The molecule has 0 heterocycles. The third-order valence-corrected chi connectivity index (χ3v) is 12.8. The number of unbranched alkanes of at least 4 members (excludes halogenated alkanes) is 33. The zero-order valence-corrected chi connectivity index (χ0v) is 31.9. The zero-order valence-electron chi connectivity index (χ0n) is 31.0. The molecule has 0 bridgehead atoms. The molecule has 0 aliphatic rings. The van der Waals surface area contributed by atoms with Gasteiger partial charge in [-0.05, 0) is 37.7 Å². The Bertz CT molecular complexity index is 436. The maximum atomic E-state index is 2.33. The van der Waals surface area contributed by atoms with Gasteiger partial charge in [0.25, 0.3) is 0 Å². The van der Waals surface area contributed by atoms with Gasteiger partial charge in [-0.25, -0.2) is 0 Å². The maximum Gasteiger partial charge on any atom is -0.0326 e. The summed E-state index contributed by atoms with van der Waals surface area (Å²) < 4.78 is 0. The second-order valence-corrected chi connectivity index (χ2v) is 17.2. The smallest absolute Gasteiger partial charge is 0.0326 e. The third-order valence-electron chi connectivity index (χ3n) is 9.98. The Hall–Kier alpha value is 0.430. The minimum Gasteiger partial charge on any atom is -0.107 e. The van der Waals surface area contributed by atoms with Gasteiger partial charge in [-0.15, -0.1) is 7.92 Å². The van der Waals surface area contributed by atoms with Gasteiger partial charge in [-0.3, -0.25) is 0 Å². The van der Waals surface area contributed by atoms with Crippen LogP contribution in [0.25, 0.3) is 0 Å². The predicted molar refractivity (Wildman–Crippen MR) is 205 cm³/mol. The molecule has 0 N–H and O–H groups in total. The molecule has 0 nitrogen and oxygen atoms in total. The lowest BCUT2D eigenvalue weighted by atomic mass is 10.0. The van der Waals surface area contributed by atoms with E-state index in [2.05, 4.69) is 20.8 Å². The fourth-order valence-electron chi connectivity index (χ4n) is 6.86. The average molecular weight is 623 g/mol. The Balaban J connectivity index is 3.83. The first-order chi connectivity index (χ1) is 21.3. The fourth-order valence-corrected chi connectivity index (χ4v) is 9.55. The van der Waals surface area contributed by atoms with Gasteiger partial charge in [-0.1, -0.05) is 233 Å². The molecule has 0 aliphatic carbocycles. The first-order valence-electron chi connectivity index (χ1n) is 21.1. The van der Waals surface area contributed by atoms with Crippen LogP contribution in [0.4, 0.5) is 0 Å². The summed E-state index contributed by atoms with van der Waals surface area (Å²) in [6, 6.07) is 0. The van der Waals surface area contributed by atoms with E-state index < -0.39 is 0 Å². The summed E-state index contributed by atoms with van der Waals surface area (Å²) in [5.74, 6) is 0. The van der Waals surface area contributed by atoms with Gasteiger partial charge in [-0.2, -0.15) is 0 Å². The van der Waals surface area contributed by atoms with E-state index in [0.717, 1.165) is 0 Å². The van der Waals surface area contributed by atoms with Crippen molar-refractivity contribution in [2.75, 3.05) is 18.5 Å². The van der Waals surface area contributed by atoms with Crippen molar-refractivity contribution < 1.29 is 0 Å². The van der Waals surface area contributed by atoms with E-state index in [0.29, 0.717) is 7.92 Å². The summed E-state index contributed by atoms with van der Waals surface area (Å²) in [4.78, 5) is 0. The molecule has 0 spiro atoms. The predicted octanol–water partition coefficient (Wildman–Crippen LogP) is 16.6. The van der Waals surface area contributed by atoms with Crippen LogP contribution in [0.3, 0.4) is 0 Å². The highest BCUT2D eigenvalue weighted by atomic mass is 31.1. The summed E-state index contributed by atoms with van der Waals surface area (Å²) in [5, 5.41) is 0. The lowest BCUT2D eigenvalue weighted by Gasteiger charge is -2.18. The molecule has 0 amide bonds. The second-order valence-electron chi connectivity index (χ2n) is 14.5. The van der Waals surface area contributed by atoms with Crippen LogP contribution in [-0.2, 0) is 0 Å². The summed E-state index contributed by atoms with van der Waals surface area (Å²) in [6.07, 6.45) is 58.3. The molecule has 0 saturated heterocycles. The molecule has 0 aromatic heterocycles. The Kier molecular flexibility index (Phi) is 40.9. The standard InChI is InChI=1S/C42H87P/c1-4-7-10-13-16-19-22-23-24-25-26-27-30-33-36-39-42-43(40-37-34-31-28-20-17-14-11-8-5-2)41-38-35-32-29-21-18-15-12-9-6-3/h4-42H2,1-3H3. The molecule has 43 heavy (non-hydrogen) atoms. The Morgan fingerprint density at radius 3 is 0.488 bits per heavy atom. The molecule has 0 aliphatic heterocycles. The van der Waals surface area contributed by atoms with Crippen molar-refractivity contribution in [2.45, 2.75) is 252 Å². The Morgan fingerprint density at radius 1 is 0.186 bits per heavy atom. The van der Waals surface area contributed by atoms with Crippen molar-refractivity contribution in [1.82, 2.24) is 0 Å². The van der Waals surface area contributed by atoms with Crippen LogP contribution >= 0.6 is 7.92 Å². The summed E-state index contributed by atoms with van der Waals surface area (Å²) in [7, 11) is 0.328. The summed E-state index contributed by atoms with van der Waals surface area (Å²) in [6.45, 7) is 6.97. The van der Waals surface area contributed by atoms with Crippen molar-refractivity contribution >= 4 is 7.92 Å². The molecular weight excluding hydrogens is 535 g/mol. The second kappa shape index (κ2) is 40.5. The highest BCUT2D eigenvalue weighted by Gasteiger charge is 2.08. The van der Waals surface area contributed by atoms with E-state index in [9.17, 15) is 0 Å². The molecule has 0 saturated carbocycles. The monoisotopic (exact) mass is 623 g/mol. The minimum absolute atomic E-state index is 0.328. The third kappa shape index (κ3) is 38.5. The van der Waals surface area contributed by atoms with Crippen molar-refractivity contribution in [3.63, 3.8) is 0 Å². The molecule has 0 radical (unpaired) electrons. The lowest BCUT2D eigenvalue weighted by molar-refractivity contribution is 0.531. The van der Waals surface area contributed by atoms with Crippen LogP contribution in [0, 0.1) is 0 Å². The Morgan fingerprint density at radius 2 is 0.326 bits per heavy atom. The number of hydrogen-bond acceptors (Lipinski definition) is 0. The first-order valence-corrected chi connectivity index (χ1v) is 23.0. The highest BCUT2D eigenvalue weighted by molar-refractivity contribution is 7.57. The molecular formula is C42H87P. The summed E-state index contributed by atoms with van der Waals surface area (Å²) in [5.41, 5.74) is 0. The van der Waals surface area contributed by atoms with E-state index >= 15 is 0 Å². The van der Waals surface area contributed by atoms with Gasteiger partial charge in [0, 0.05) is 0 Å². The normalized spacial score (nSPS) is 11.7. The van der Waals surface area contributed by atoms with E-state index in [1.807, 2.05) is 0 Å². The zero-order chi connectivity index (χ0) is 31.2. The molecule has 1 heteroatoms. The molecule has 0 unspecified atom stereocenters. The summed E-state index contributed by atoms with van der Waals surface area (Å²) >= 11 is 0. The highest BCUT2D eigenvalue weighted by Crippen LogP contribution is 2.39.